The average molecular weight is 696 g/mol. The van der Waals surface area contributed by atoms with Crippen molar-refractivity contribution in [2.75, 3.05) is 4.90 Å². The molecule has 0 amide bonds. The highest BCUT2D eigenvalue weighted by molar-refractivity contribution is 7.22. The van der Waals surface area contributed by atoms with Crippen LogP contribution in [0.1, 0.15) is 25.0 Å². The van der Waals surface area contributed by atoms with Crippen LogP contribution in [-0.4, -0.2) is 0 Å². The Hall–Kier alpha value is -6.22. The lowest BCUT2D eigenvalue weighted by molar-refractivity contribution is 0.669. The van der Waals surface area contributed by atoms with Crippen molar-refractivity contribution in [3.8, 4) is 43.8 Å². The molecule has 0 bridgehead atoms. The van der Waals surface area contributed by atoms with Gasteiger partial charge in [-0.1, -0.05) is 153 Å². The lowest BCUT2D eigenvalue weighted by atomic mass is 9.78. The third-order valence-corrected chi connectivity index (χ3v) is 12.2. The third kappa shape index (κ3) is 5.29. The Kier molecular flexibility index (Phi) is 7.42. The summed E-state index contributed by atoms with van der Waals surface area (Å²) in [5.74, 6) is 0. The van der Waals surface area contributed by atoms with E-state index in [4.69, 9.17) is 0 Å². The largest absolute Gasteiger partial charge is 0.311 e. The summed E-state index contributed by atoms with van der Waals surface area (Å²) in [6.07, 6.45) is 0. The summed E-state index contributed by atoms with van der Waals surface area (Å²) < 4.78 is 1.37. The van der Waals surface area contributed by atoms with E-state index in [2.05, 4.69) is 207 Å². The Morgan fingerprint density at radius 3 is 1.62 bits per heavy atom. The molecule has 252 valence electrons. The van der Waals surface area contributed by atoms with Crippen LogP contribution in [0, 0.1) is 0 Å². The predicted octanol–water partition coefficient (Wildman–Crippen LogP) is 14.8. The number of anilines is 3. The van der Waals surface area contributed by atoms with Crippen LogP contribution in [0.4, 0.5) is 17.1 Å². The van der Waals surface area contributed by atoms with E-state index in [1.54, 1.807) is 0 Å². The first kappa shape index (κ1) is 31.5. The standard InChI is InChI=1S/C51H37NS/c1-51(2)48-44(16-10-17-46(48)50-49(51)45-15-8-9-18-47(45)53-50)38-25-31-43(32-26-38)52(41-27-21-36(22-28-41)34-11-4-3-5-12-34)42-29-23-37(24-30-42)40-20-19-35-13-6-7-14-39(35)33-40/h3-33H,1-2H3. The van der Waals surface area contributed by atoms with Gasteiger partial charge >= 0.3 is 0 Å². The first-order chi connectivity index (χ1) is 26.0. The maximum atomic E-state index is 2.40. The minimum absolute atomic E-state index is 0.0984. The summed E-state index contributed by atoms with van der Waals surface area (Å²) in [6, 6.07) is 68.7. The van der Waals surface area contributed by atoms with Gasteiger partial charge in [-0.3, -0.25) is 0 Å². The van der Waals surface area contributed by atoms with Crippen LogP contribution in [0.3, 0.4) is 0 Å². The Morgan fingerprint density at radius 1 is 0.396 bits per heavy atom. The van der Waals surface area contributed by atoms with Crippen LogP contribution in [0.2, 0.25) is 0 Å². The van der Waals surface area contributed by atoms with Gasteiger partial charge in [0, 0.05) is 32.1 Å². The first-order valence-electron chi connectivity index (χ1n) is 18.3. The Morgan fingerprint density at radius 2 is 0.925 bits per heavy atom. The maximum absolute atomic E-state index is 2.40. The highest BCUT2D eigenvalue weighted by Gasteiger charge is 2.40. The summed E-state index contributed by atoms with van der Waals surface area (Å²) in [4.78, 5) is 3.79. The molecular weight excluding hydrogens is 659 g/mol. The molecule has 1 nitrogen and oxygen atoms in total. The number of benzene rings is 8. The molecule has 0 atom stereocenters. The third-order valence-electron chi connectivity index (χ3n) is 11.0. The Bertz CT molecular complexity index is 2770. The summed E-state index contributed by atoms with van der Waals surface area (Å²) in [5, 5.41) is 3.90. The van der Waals surface area contributed by atoms with E-state index in [9.17, 15) is 0 Å². The molecule has 0 saturated carbocycles. The fourth-order valence-corrected chi connectivity index (χ4v) is 9.87. The molecule has 10 rings (SSSR count). The van der Waals surface area contributed by atoms with Crippen LogP contribution in [0.15, 0.2) is 188 Å². The summed E-state index contributed by atoms with van der Waals surface area (Å²) in [7, 11) is 0. The lowest BCUT2D eigenvalue weighted by Gasteiger charge is -2.27. The molecule has 0 fully saturated rings. The van der Waals surface area contributed by atoms with Gasteiger partial charge in [0.05, 0.1) is 0 Å². The minimum atomic E-state index is -0.0984. The molecule has 1 aromatic heterocycles. The van der Waals surface area contributed by atoms with E-state index in [1.807, 2.05) is 11.3 Å². The zero-order valence-electron chi connectivity index (χ0n) is 29.8. The molecule has 1 aliphatic rings. The molecule has 0 unspecified atom stereocenters. The maximum Gasteiger partial charge on any atom is 0.0462 e. The van der Waals surface area contributed by atoms with Crippen LogP contribution >= 0.6 is 11.3 Å². The fraction of sp³-hybridized carbons (Fsp3) is 0.0588. The van der Waals surface area contributed by atoms with Crippen molar-refractivity contribution < 1.29 is 0 Å². The van der Waals surface area contributed by atoms with E-state index >= 15 is 0 Å². The molecule has 2 heteroatoms. The summed E-state index contributed by atoms with van der Waals surface area (Å²) in [5.41, 5.74) is 14.9. The topological polar surface area (TPSA) is 3.24 Å². The molecule has 9 aromatic rings. The number of hydrogen-bond acceptors (Lipinski definition) is 2. The molecule has 1 heterocycles. The van der Waals surface area contributed by atoms with Gasteiger partial charge in [-0.05, 0) is 115 Å². The summed E-state index contributed by atoms with van der Waals surface area (Å²) in [6.45, 7) is 4.80. The van der Waals surface area contributed by atoms with Crippen molar-refractivity contribution in [1.29, 1.82) is 0 Å². The SMILES string of the molecule is CC1(C)c2c(-c3ccc(N(c4ccc(-c5ccccc5)cc4)c4ccc(-c5ccc6ccccc6c5)cc4)cc3)cccc2-c2sc3ccccc3c21. The van der Waals surface area contributed by atoms with Crippen molar-refractivity contribution in [1.82, 2.24) is 0 Å². The Labute approximate surface area is 315 Å². The van der Waals surface area contributed by atoms with E-state index in [0.29, 0.717) is 0 Å². The van der Waals surface area contributed by atoms with Crippen LogP contribution < -0.4 is 4.90 Å². The first-order valence-corrected chi connectivity index (χ1v) is 19.2. The van der Waals surface area contributed by atoms with Crippen molar-refractivity contribution in [2.24, 2.45) is 0 Å². The van der Waals surface area contributed by atoms with Gasteiger partial charge < -0.3 is 4.90 Å². The van der Waals surface area contributed by atoms with Gasteiger partial charge in [0.2, 0.25) is 0 Å². The number of fused-ring (bicyclic) bond motifs is 6. The second-order valence-electron chi connectivity index (χ2n) is 14.6. The molecule has 0 radical (unpaired) electrons. The number of thiophene rings is 1. The highest BCUT2D eigenvalue weighted by atomic mass is 32.1. The van der Waals surface area contributed by atoms with E-state index < -0.39 is 0 Å². The summed E-state index contributed by atoms with van der Waals surface area (Å²) >= 11 is 1.93. The average Bonchev–Trinajstić information content (AvgIpc) is 3.72. The lowest BCUT2D eigenvalue weighted by Crippen LogP contribution is -2.16. The molecule has 0 saturated heterocycles. The van der Waals surface area contributed by atoms with Crippen LogP contribution in [0.25, 0.3) is 64.7 Å². The zero-order chi connectivity index (χ0) is 35.5. The van der Waals surface area contributed by atoms with Gasteiger partial charge in [-0.15, -0.1) is 11.3 Å². The number of hydrogen-bond donors (Lipinski definition) is 0. The van der Waals surface area contributed by atoms with E-state index in [0.717, 1.165) is 17.1 Å². The molecule has 0 aliphatic heterocycles. The van der Waals surface area contributed by atoms with Crippen molar-refractivity contribution in [3.05, 3.63) is 199 Å². The number of nitrogens with zero attached hydrogens (tertiary/aromatic N) is 1. The van der Waals surface area contributed by atoms with E-state index in [1.165, 1.54) is 75.8 Å². The molecule has 53 heavy (non-hydrogen) atoms. The molecular formula is C51H37NS. The van der Waals surface area contributed by atoms with Gasteiger partial charge in [0.1, 0.15) is 0 Å². The molecule has 0 N–H and O–H groups in total. The smallest absolute Gasteiger partial charge is 0.0462 e. The molecule has 8 aromatic carbocycles. The Balaban J connectivity index is 1.04. The highest BCUT2D eigenvalue weighted by Crippen LogP contribution is 2.57. The second kappa shape index (κ2) is 12.5. The normalized spacial score (nSPS) is 12.9. The molecule has 1 aliphatic carbocycles. The fourth-order valence-electron chi connectivity index (χ4n) is 8.48. The minimum Gasteiger partial charge on any atom is -0.311 e. The monoisotopic (exact) mass is 695 g/mol. The van der Waals surface area contributed by atoms with Crippen LogP contribution in [0.5, 0.6) is 0 Å². The van der Waals surface area contributed by atoms with Gasteiger partial charge in [-0.25, -0.2) is 0 Å². The van der Waals surface area contributed by atoms with Crippen molar-refractivity contribution >= 4 is 49.3 Å². The quantitative estimate of drug-likeness (QED) is 0.167. The van der Waals surface area contributed by atoms with Gasteiger partial charge in [0.15, 0.2) is 0 Å². The van der Waals surface area contributed by atoms with Crippen LogP contribution in [-0.2, 0) is 5.41 Å². The zero-order valence-corrected chi connectivity index (χ0v) is 30.6. The second-order valence-corrected chi connectivity index (χ2v) is 15.6. The van der Waals surface area contributed by atoms with E-state index in [-0.39, 0.29) is 5.41 Å². The number of rotatable bonds is 6. The predicted molar refractivity (Wildman–Crippen MR) is 228 cm³/mol. The molecule has 0 spiro atoms. The van der Waals surface area contributed by atoms with Crippen molar-refractivity contribution in [3.63, 3.8) is 0 Å². The van der Waals surface area contributed by atoms with Gasteiger partial charge in [-0.2, -0.15) is 0 Å². The van der Waals surface area contributed by atoms with Crippen molar-refractivity contribution in [2.45, 2.75) is 19.3 Å². The van der Waals surface area contributed by atoms with Gasteiger partial charge in [0.25, 0.3) is 0 Å².